The van der Waals surface area contributed by atoms with Crippen molar-refractivity contribution in [3.63, 3.8) is 0 Å². The summed E-state index contributed by atoms with van der Waals surface area (Å²) < 4.78 is 16.3. The predicted octanol–water partition coefficient (Wildman–Crippen LogP) is 3.50. The lowest BCUT2D eigenvalue weighted by Crippen LogP contribution is -2.23. The number of amides is 1. The van der Waals surface area contributed by atoms with Crippen LogP contribution in [0.3, 0.4) is 0 Å². The second-order valence-electron chi connectivity index (χ2n) is 5.96. The van der Waals surface area contributed by atoms with E-state index in [2.05, 4.69) is 0 Å². The quantitative estimate of drug-likeness (QED) is 0.344. The molecule has 2 rings (SSSR count). The molecule has 6 nitrogen and oxygen atoms in total. The third kappa shape index (κ3) is 6.81. The number of benzene rings is 2. The molecule has 7 heteroatoms. The summed E-state index contributed by atoms with van der Waals surface area (Å²) in [6.07, 6.45) is 0. The van der Waals surface area contributed by atoms with E-state index in [1.807, 2.05) is 25.1 Å². The average molecular weight is 404 g/mol. The highest BCUT2D eigenvalue weighted by Crippen LogP contribution is 2.23. The van der Waals surface area contributed by atoms with Gasteiger partial charge < -0.3 is 19.1 Å². The number of carbonyl (C=O) groups is 2. The molecule has 0 bridgehead atoms. The minimum atomic E-state index is -0.435. The molecule has 0 spiro atoms. The number of hydrogen-bond acceptors (Lipinski definition) is 6. The second-order valence-corrected chi connectivity index (χ2v) is 6.98. The fraction of sp³-hybridized carbons (Fsp3) is 0.333. The zero-order valence-electron chi connectivity index (χ0n) is 16.3. The first kappa shape index (κ1) is 21.6. The molecular formula is C21H25NO5S. The minimum absolute atomic E-state index is 0.0167. The molecule has 0 aromatic heterocycles. The summed E-state index contributed by atoms with van der Waals surface area (Å²) in [7, 11) is 3.40. The maximum absolute atomic E-state index is 12.4. The Morgan fingerprint density at radius 2 is 1.57 bits per heavy atom. The SMILES string of the molecule is CCOc1ccc(OCCOC(=O)c2ccccc2SCC(=O)N(C)C)cc1. The Balaban J connectivity index is 1.82. The standard InChI is InChI=1S/C21H25NO5S/c1-4-25-16-9-11-17(12-10-16)26-13-14-27-21(24)18-7-5-6-8-19(18)28-15-20(23)22(2)3/h5-12H,4,13-15H2,1-3H3. The molecule has 0 heterocycles. The van der Waals surface area contributed by atoms with Crippen molar-refractivity contribution in [2.45, 2.75) is 11.8 Å². The van der Waals surface area contributed by atoms with Crippen LogP contribution >= 0.6 is 11.8 Å². The monoisotopic (exact) mass is 403 g/mol. The Labute approximate surface area is 169 Å². The molecule has 0 fully saturated rings. The average Bonchev–Trinajstić information content (AvgIpc) is 2.70. The predicted molar refractivity (Wildman–Crippen MR) is 109 cm³/mol. The first-order chi connectivity index (χ1) is 13.5. The summed E-state index contributed by atoms with van der Waals surface area (Å²) in [6, 6.07) is 14.4. The Hall–Kier alpha value is -2.67. The van der Waals surface area contributed by atoms with Crippen LogP contribution in [-0.4, -0.2) is 56.4 Å². The van der Waals surface area contributed by atoms with Gasteiger partial charge in [0.1, 0.15) is 24.7 Å². The number of carbonyl (C=O) groups excluding carboxylic acids is 2. The van der Waals surface area contributed by atoms with Crippen LogP contribution in [0.25, 0.3) is 0 Å². The van der Waals surface area contributed by atoms with Crippen LogP contribution in [0.1, 0.15) is 17.3 Å². The molecule has 1 amide bonds. The molecule has 0 saturated heterocycles. The third-order valence-corrected chi connectivity index (χ3v) is 4.74. The number of thioether (sulfide) groups is 1. The number of rotatable bonds is 10. The lowest BCUT2D eigenvalue weighted by atomic mass is 10.2. The van der Waals surface area contributed by atoms with Crippen molar-refractivity contribution in [1.82, 2.24) is 4.90 Å². The van der Waals surface area contributed by atoms with Gasteiger partial charge in [0, 0.05) is 19.0 Å². The number of ether oxygens (including phenoxy) is 3. The van der Waals surface area contributed by atoms with E-state index < -0.39 is 5.97 Å². The van der Waals surface area contributed by atoms with Gasteiger partial charge in [-0.15, -0.1) is 11.8 Å². The summed E-state index contributed by atoms with van der Waals surface area (Å²) in [5.41, 5.74) is 0.445. The van der Waals surface area contributed by atoms with Crippen molar-refractivity contribution in [2.24, 2.45) is 0 Å². The van der Waals surface area contributed by atoms with Gasteiger partial charge >= 0.3 is 5.97 Å². The second kappa shape index (κ2) is 11.2. The van der Waals surface area contributed by atoms with Crippen LogP contribution in [0.15, 0.2) is 53.4 Å². The van der Waals surface area contributed by atoms with Gasteiger partial charge in [-0.25, -0.2) is 4.79 Å². The molecule has 0 radical (unpaired) electrons. The molecular weight excluding hydrogens is 378 g/mol. The van der Waals surface area contributed by atoms with Crippen molar-refractivity contribution in [2.75, 3.05) is 39.7 Å². The van der Waals surface area contributed by atoms with Crippen LogP contribution in [0.5, 0.6) is 11.5 Å². The first-order valence-corrected chi connectivity index (χ1v) is 9.94. The smallest absolute Gasteiger partial charge is 0.339 e. The van der Waals surface area contributed by atoms with E-state index in [9.17, 15) is 9.59 Å². The van der Waals surface area contributed by atoms with Gasteiger partial charge in [-0.05, 0) is 43.3 Å². The Morgan fingerprint density at radius 3 is 2.21 bits per heavy atom. The molecule has 0 N–H and O–H groups in total. The zero-order chi connectivity index (χ0) is 20.4. The topological polar surface area (TPSA) is 65.1 Å². The Morgan fingerprint density at radius 1 is 0.929 bits per heavy atom. The fourth-order valence-electron chi connectivity index (χ4n) is 2.20. The van der Waals surface area contributed by atoms with Gasteiger partial charge in [0.2, 0.25) is 5.91 Å². The van der Waals surface area contributed by atoms with Gasteiger partial charge in [-0.2, -0.15) is 0 Å². The number of hydrogen-bond donors (Lipinski definition) is 0. The minimum Gasteiger partial charge on any atom is -0.494 e. The Bertz CT molecular complexity index is 777. The van der Waals surface area contributed by atoms with Crippen LogP contribution in [0, 0.1) is 0 Å². The van der Waals surface area contributed by atoms with Crippen molar-refractivity contribution >= 4 is 23.6 Å². The third-order valence-electron chi connectivity index (χ3n) is 3.68. The fourth-order valence-corrected chi connectivity index (χ4v) is 3.22. The van der Waals surface area contributed by atoms with E-state index in [0.29, 0.717) is 17.9 Å². The van der Waals surface area contributed by atoms with Crippen LogP contribution in [-0.2, 0) is 9.53 Å². The normalized spacial score (nSPS) is 10.2. The largest absolute Gasteiger partial charge is 0.494 e. The summed E-state index contributed by atoms with van der Waals surface area (Å²) in [6.45, 7) is 2.91. The summed E-state index contributed by atoms with van der Waals surface area (Å²) >= 11 is 1.32. The molecule has 0 unspecified atom stereocenters. The van der Waals surface area contributed by atoms with E-state index in [4.69, 9.17) is 14.2 Å². The van der Waals surface area contributed by atoms with E-state index in [-0.39, 0.29) is 24.9 Å². The molecule has 2 aromatic rings. The summed E-state index contributed by atoms with van der Waals surface area (Å²) in [5, 5.41) is 0. The van der Waals surface area contributed by atoms with E-state index in [0.717, 1.165) is 10.6 Å². The van der Waals surface area contributed by atoms with Crippen molar-refractivity contribution < 1.29 is 23.8 Å². The van der Waals surface area contributed by atoms with Gasteiger partial charge in [-0.3, -0.25) is 4.79 Å². The van der Waals surface area contributed by atoms with Crippen molar-refractivity contribution in [3.8, 4) is 11.5 Å². The molecule has 0 aliphatic carbocycles. The lowest BCUT2D eigenvalue weighted by molar-refractivity contribution is -0.125. The number of esters is 1. The van der Waals surface area contributed by atoms with Crippen LogP contribution in [0.2, 0.25) is 0 Å². The van der Waals surface area contributed by atoms with Gasteiger partial charge in [0.05, 0.1) is 17.9 Å². The highest BCUT2D eigenvalue weighted by Gasteiger charge is 2.14. The van der Waals surface area contributed by atoms with E-state index in [1.54, 1.807) is 44.4 Å². The maximum Gasteiger partial charge on any atom is 0.339 e. The first-order valence-electron chi connectivity index (χ1n) is 8.96. The van der Waals surface area contributed by atoms with Crippen molar-refractivity contribution in [3.05, 3.63) is 54.1 Å². The zero-order valence-corrected chi connectivity index (χ0v) is 17.2. The van der Waals surface area contributed by atoms with Crippen molar-refractivity contribution in [1.29, 1.82) is 0 Å². The van der Waals surface area contributed by atoms with Gasteiger partial charge in [0.15, 0.2) is 0 Å². The molecule has 0 saturated carbocycles. The lowest BCUT2D eigenvalue weighted by Gasteiger charge is -2.12. The van der Waals surface area contributed by atoms with Crippen LogP contribution in [0.4, 0.5) is 0 Å². The Kier molecular flexibility index (Phi) is 8.68. The number of nitrogens with zero attached hydrogens (tertiary/aromatic N) is 1. The van der Waals surface area contributed by atoms with Crippen LogP contribution < -0.4 is 9.47 Å². The molecule has 2 aromatic carbocycles. The molecule has 0 aliphatic rings. The van der Waals surface area contributed by atoms with Gasteiger partial charge in [0.25, 0.3) is 0 Å². The van der Waals surface area contributed by atoms with E-state index in [1.165, 1.54) is 16.7 Å². The molecule has 0 atom stereocenters. The highest BCUT2D eigenvalue weighted by molar-refractivity contribution is 8.00. The summed E-state index contributed by atoms with van der Waals surface area (Å²) in [4.78, 5) is 26.4. The highest BCUT2D eigenvalue weighted by atomic mass is 32.2. The molecule has 150 valence electrons. The molecule has 28 heavy (non-hydrogen) atoms. The maximum atomic E-state index is 12.4. The molecule has 0 aliphatic heterocycles. The van der Waals surface area contributed by atoms with E-state index >= 15 is 0 Å². The summed E-state index contributed by atoms with van der Waals surface area (Å²) in [5.74, 6) is 1.27. The van der Waals surface area contributed by atoms with Gasteiger partial charge in [-0.1, -0.05) is 12.1 Å².